The van der Waals surface area contributed by atoms with E-state index in [9.17, 15) is 4.79 Å². The SMILES string of the molecule is O=C(C1CCCCC1)N1CCCCC1c1nc(CCOCC2CCCC2)no1. The maximum absolute atomic E-state index is 13.1. The van der Waals surface area contributed by atoms with E-state index < -0.39 is 0 Å². The molecule has 3 aliphatic rings. The van der Waals surface area contributed by atoms with Crippen molar-refractivity contribution in [2.24, 2.45) is 11.8 Å². The topological polar surface area (TPSA) is 68.5 Å². The molecular weight excluding hydrogens is 354 g/mol. The summed E-state index contributed by atoms with van der Waals surface area (Å²) in [4.78, 5) is 19.8. The van der Waals surface area contributed by atoms with E-state index in [0.29, 0.717) is 30.7 Å². The lowest BCUT2D eigenvalue weighted by Gasteiger charge is -2.36. The third-order valence-corrected chi connectivity index (χ3v) is 6.81. The molecule has 156 valence electrons. The van der Waals surface area contributed by atoms with Crippen LogP contribution in [-0.4, -0.2) is 40.7 Å². The van der Waals surface area contributed by atoms with Crippen LogP contribution in [0.2, 0.25) is 0 Å². The molecule has 2 saturated carbocycles. The van der Waals surface area contributed by atoms with Gasteiger partial charge in [0, 0.05) is 25.5 Å². The zero-order valence-corrected chi connectivity index (χ0v) is 17.1. The summed E-state index contributed by atoms with van der Waals surface area (Å²) >= 11 is 0. The van der Waals surface area contributed by atoms with E-state index in [4.69, 9.17) is 9.26 Å². The van der Waals surface area contributed by atoms with Crippen molar-refractivity contribution < 1.29 is 14.1 Å². The van der Waals surface area contributed by atoms with Crippen LogP contribution < -0.4 is 0 Å². The van der Waals surface area contributed by atoms with Gasteiger partial charge in [-0.3, -0.25) is 4.79 Å². The van der Waals surface area contributed by atoms with Gasteiger partial charge in [0.1, 0.15) is 6.04 Å². The van der Waals surface area contributed by atoms with E-state index in [-0.39, 0.29) is 12.0 Å². The molecule has 4 rings (SSSR count). The average Bonchev–Trinajstić information content (AvgIpc) is 3.43. The van der Waals surface area contributed by atoms with E-state index in [1.165, 1.54) is 44.9 Å². The van der Waals surface area contributed by atoms with Crippen molar-refractivity contribution in [3.8, 4) is 0 Å². The van der Waals surface area contributed by atoms with Crippen LogP contribution in [0.3, 0.4) is 0 Å². The first-order valence-electron chi connectivity index (χ1n) is 11.5. The predicted molar refractivity (Wildman–Crippen MR) is 106 cm³/mol. The van der Waals surface area contributed by atoms with Gasteiger partial charge in [-0.15, -0.1) is 0 Å². The molecule has 0 spiro atoms. The van der Waals surface area contributed by atoms with Crippen LogP contribution in [0.15, 0.2) is 4.52 Å². The molecule has 0 aromatic carbocycles. The van der Waals surface area contributed by atoms with Crippen molar-refractivity contribution in [2.75, 3.05) is 19.8 Å². The standard InChI is InChI=1S/C22H35N3O3/c26-22(18-10-2-1-3-11-18)25-14-7-6-12-19(25)21-23-20(24-28-21)13-15-27-16-17-8-4-5-9-17/h17-19H,1-16H2. The highest BCUT2D eigenvalue weighted by atomic mass is 16.5. The van der Waals surface area contributed by atoms with Crippen molar-refractivity contribution in [3.63, 3.8) is 0 Å². The van der Waals surface area contributed by atoms with Crippen molar-refractivity contribution in [1.82, 2.24) is 15.0 Å². The quantitative estimate of drug-likeness (QED) is 0.644. The van der Waals surface area contributed by atoms with E-state index in [1.54, 1.807) is 0 Å². The molecule has 1 atom stereocenters. The Kier molecular flexibility index (Phi) is 7.00. The summed E-state index contributed by atoms with van der Waals surface area (Å²) in [7, 11) is 0. The predicted octanol–water partition coefficient (Wildman–Crippen LogP) is 4.45. The number of nitrogens with zero attached hydrogens (tertiary/aromatic N) is 3. The molecule has 2 heterocycles. The molecule has 0 radical (unpaired) electrons. The molecule has 28 heavy (non-hydrogen) atoms. The first kappa shape index (κ1) is 19.9. The van der Waals surface area contributed by atoms with E-state index in [2.05, 4.69) is 10.1 Å². The lowest BCUT2D eigenvalue weighted by atomic mass is 9.87. The molecule has 2 aliphatic carbocycles. The van der Waals surface area contributed by atoms with Crippen LogP contribution in [0.4, 0.5) is 0 Å². The number of carbonyl (C=O) groups is 1. The van der Waals surface area contributed by atoms with Gasteiger partial charge in [-0.05, 0) is 50.9 Å². The fraction of sp³-hybridized carbons (Fsp3) is 0.864. The molecule has 1 aromatic heterocycles. The van der Waals surface area contributed by atoms with Crippen LogP contribution in [0.1, 0.15) is 94.8 Å². The fourth-order valence-electron chi connectivity index (χ4n) is 5.13. The van der Waals surface area contributed by atoms with Gasteiger partial charge in [-0.2, -0.15) is 4.98 Å². The third-order valence-electron chi connectivity index (χ3n) is 6.81. The van der Waals surface area contributed by atoms with Crippen LogP contribution in [0, 0.1) is 11.8 Å². The highest BCUT2D eigenvalue weighted by molar-refractivity contribution is 5.79. The van der Waals surface area contributed by atoms with Crippen LogP contribution >= 0.6 is 0 Å². The smallest absolute Gasteiger partial charge is 0.249 e. The number of ether oxygens (including phenoxy) is 1. The summed E-state index contributed by atoms with van der Waals surface area (Å²) in [6.07, 6.45) is 14.8. The summed E-state index contributed by atoms with van der Waals surface area (Å²) in [6, 6.07) is -0.0381. The minimum Gasteiger partial charge on any atom is -0.381 e. The Labute approximate surface area is 168 Å². The third kappa shape index (κ3) is 4.94. The zero-order chi connectivity index (χ0) is 19.2. The normalized spacial score (nSPS) is 24.7. The summed E-state index contributed by atoms with van der Waals surface area (Å²) < 4.78 is 11.4. The number of rotatable bonds is 7. The molecular formula is C22H35N3O3. The molecule has 1 saturated heterocycles. The van der Waals surface area contributed by atoms with Gasteiger partial charge in [0.05, 0.1) is 6.61 Å². The Bertz CT molecular complexity index is 620. The lowest BCUT2D eigenvalue weighted by molar-refractivity contribution is -0.141. The van der Waals surface area contributed by atoms with E-state index in [1.807, 2.05) is 4.90 Å². The molecule has 1 unspecified atom stereocenters. The maximum Gasteiger partial charge on any atom is 0.249 e. The van der Waals surface area contributed by atoms with Crippen molar-refractivity contribution in [2.45, 2.75) is 89.5 Å². The Morgan fingerprint density at radius 3 is 2.57 bits per heavy atom. The van der Waals surface area contributed by atoms with Gasteiger partial charge in [0.25, 0.3) is 0 Å². The van der Waals surface area contributed by atoms with Crippen LogP contribution in [-0.2, 0) is 16.0 Å². The number of amides is 1. The Balaban J connectivity index is 1.30. The number of aromatic nitrogens is 2. The fourth-order valence-corrected chi connectivity index (χ4v) is 5.13. The summed E-state index contributed by atoms with van der Waals surface area (Å²) in [5.74, 6) is 2.57. The van der Waals surface area contributed by atoms with Crippen molar-refractivity contribution in [1.29, 1.82) is 0 Å². The number of carbonyl (C=O) groups excluding carboxylic acids is 1. The van der Waals surface area contributed by atoms with Gasteiger partial charge >= 0.3 is 0 Å². The van der Waals surface area contributed by atoms with Gasteiger partial charge in [-0.25, -0.2) is 0 Å². The maximum atomic E-state index is 13.1. The number of hydrogen-bond acceptors (Lipinski definition) is 5. The molecule has 6 nitrogen and oxygen atoms in total. The Hall–Kier alpha value is -1.43. The lowest BCUT2D eigenvalue weighted by Crippen LogP contribution is -2.42. The van der Waals surface area contributed by atoms with Crippen LogP contribution in [0.5, 0.6) is 0 Å². The van der Waals surface area contributed by atoms with Gasteiger partial charge in [0.2, 0.25) is 11.8 Å². The second-order valence-electron chi connectivity index (χ2n) is 8.90. The Morgan fingerprint density at radius 2 is 1.75 bits per heavy atom. The first-order chi connectivity index (χ1) is 13.8. The highest BCUT2D eigenvalue weighted by Crippen LogP contribution is 2.34. The monoisotopic (exact) mass is 389 g/mol. The second kappa shape index (κ2) is 9.86. The summed E-state index contributed by atoms with van der Waals surface area (Å²) in [6.45, 7) is 2.32. The van der Waals surface area contributed by atoms with E-state index in [0.717, 1.165) is 51.2 Å². The van der Waals surface area contributed by atoms with Crippen LogP contribution in [0.25, 0.3) is 0 Å². The number of likely N-dealkylation sites (tertiary alicyclic amines) is 1. The largest absolute Gasteiger partial charge is 0.381 e. The Morgan fingerprint density at radius 1 is 1.00 bits per heavy atom. The molecule has 1 aromatic rings. The molecule has 1 amide bonds. The summed E-state index contributed by atoms with van der Waals surface area (Å²) in [5.41, 5.74) is 0. The van der Waals surface area contributed by atoms with Gasteiger partial charge in [0.15, 0.2) is 5.82 Å². The molecule has 3 fully saturated rings. The zero-order valence-electron chi connectivity index (χ0n) is 17.1. The van der Waals surface area contributed by atoms with Gasteiger partial charge in [-0.1, -0.05) is 37.3 Å². The number of hydrogen-bond donors (Lipinski definition) is 0. The molecule has 6 heteroatoms. The van der Waals surface area contributed by atoms with Crippen molar-refractivity contribution in [3.05, 3.63) is 11.7 Å². The average molecular weight is 390 g/mol. The molecule has 0 N–H and O–H groups in total. The first-order valence-corrected chi connectivity index (χ1v) is 11.5. The minimum absolute atomic E-state index is 0.0381. The van der Waals surface area contributed by atoms with E-state index >= 15 is 0 Å². The molecule has 0 bridgehead atoms. The number of piperidine rings is 1. The minimum atomic E-state index is -0.0381. The van der Waals surface area contributed by atoms with Crippen molar-refractivity contribution >= 4 is 5.91 Å². The molecule has 1 aliphatic heterocycles. The van der Waals surface area contributed by atoms with Gasteiger partial charge < -0.3 is 14.2 Å². The summed E-state index contributed by atoms with van der Waals surface area (Å²) in [5, 5.41) is 4.16. The second-order valence-corrected chi connectivity index (χ2v) is 8.90. The highest BCUT2D eigenvalue weighted by Gasteiger charge is 2.35.